The van der Waals surface area contributed by atoms with Crippen molar-refractivity contribution >= 4 is 33.5 Å². The number of rotatable bonds is 6. The largest absolute Gasteiger partial charge is 0.616 e. The molecule has 84 valence electrons. The summed E-state index contributed by atoms with van der Waals surface area (Å²) in [7, 11) is 0. The smallest absolute Gasteiger partial charge is 0.308 e. The molecule has 0 amide bonds. The van der Waals surface area contributed by atoms with Gasteiger partial charge >= 0.3 is 4.58 Å². The van der Waals surface area contributed by atoms with Crippen LogP contribution in [0.25, 0.3) is 0 Å². The Morgan fingerprint density at radius 3 is 2.14 bits per heavy atom. The van der Waals surface area contributed by atoms with Crippen molar-refractivity contribution in [2.45, 2.75) is 16.8 Å². The van der Waals surface area contributed by atoms with Gasteiger partial charge in [-0.1, -0.05) is 6.58 Å². The van der Waals surface area contributed by atoms with Crippen LogP contribution in [0.2, 0.25) is 0 Å². The maximum absolute atomic E-state index is 11.6. The highest BCUT2D eigenvalue weighted by Crippen LogP contribution is 2.19. The van der Waals surface area contributed by atoms with Gasteiger partial charge in [-0.15, -0.1) is 0 Å². The highest BCUT2D eigenvalue weighted by atomic mass is 32.3. The fourth-order valence-corrected chi connectivity index (χ4v) is 5.93. The molecule has 0 heterocycles. The summed E-state index contributed by atoms with van der Waals surface area (Å²) < 4.78 is 33.7. The molecule has 0 radical (unpaired) electrons. The molecule has 0 aliphatic heterocycles. The molecule has 0 N–H and O–H groups in total. The van der Waals surface area contributed by atoms with Crippen LogP contribution in [0.5, 0.6) is 0 Å². The van der Waals surface area contributed by atoms with Gasteiger partial charge in [0, 0.05) is 22.4 Å². The van der Waals surface area contributed by atoms with Crippen LogP contribution in [0.3, 0.4) is 0 Å². The SMILES string of the molecule is C=CC[S+]([O-])C([14CH](C)[S+](C)[O-])[S+](C)[O-]. The highest BCUT2D eigenvalue weighted by Gasteiger charge is 2.42. The summed E-state index contributed by atoms with van der Waals surface area (Å²) in [6.45, 7) is 5.19. The summed E-state index contributed by atoms with van der Waals surface area (Å²) in [6, 6.07) is 0. The van der Waals surface area contributed by atoms with E-state index in [-0.39, 0.29) is 5.25 Å². The molecule has 0 aromatic rings. The minimum absolute atomic E-state index is 0.297. The Balaban J connectivity index is 4.49. The van der Waals surface area contributed by atoms with Crippen molar-refractivity contribution in [2.24, 2.45) is 0 Å². The van der Waals surface area contributed by atoms with Crippen molar-refractivity contribution in [1.82, 2.24) is 0 Å². The first-order chi connectivity index (χ1) is 6.41. The third-order valence-electron chi connectivity index (χ3n) is 1.78. The van der Waals surface area contributed by atoms with E-state index in [2.05, 4.69) is 6.58 Å². The van der Waals surface area contributed by atoms with Gasteiger partial charge in [-0.3, -0.25) is 0 Å². The van der Waals surface area contributed by atoms with Crippen LogP contribution in [-0.2, 0) is 33.5 Å². The van der Waals surface area contributed by atoms with E-state index in [4.69, 9.17) is 0 Å². The molecule has 0 aliphatic rings. The molecular formula is C8H16O3S3. The Labute approximate surface area is 94.9 Å². The molecule has 0 bridgehead atoms. The van der Waals surface area contributed by atoms with Crippen LogP contribution in [0, 0.1) is 0 Å². The number of hydrogen-bond acceptors (Lipinski definition) is 3. The number of hydrogen-bond donors (Lipinski definition) is 0. The quantitative estimate of drug-likeness (QED) is 0.511. The van der Waals surface area contributed by atoms with Gasteiger partial charge in [-0.2, -0.15) is 0 Å². The monoisotopic (exact) mass is 258 g/mol. The van der Waals surface area contributed by atoms with Crippen molar-refractivity contribution in [1.29, 1.82) is 0 Å². The maximum Gasteiger partial charge on any atom is 0.308 e. The molecule has 6 heteroatoms. The Hall–Kier alpha value is 0.670. The fourth-order valence-electron chi connectivity index (χ4n) is 1.00. The van der Waals surface area contributed by atoms with E-state index in [1.807, 2.05) is 0 Å². The van der Waals surface area contributed by atoms with Crippen LogP contribution in [-0.4, -0.2) is 41.8 Å². The summed E-state index contributed by atoms with van der Waals surface area (Å²) >= 11 is -3.58. The van der Waals surface area contributed by atoms with E-state index in [9.17, 15) is 13.7 Å². The molecule has 0 saturated heterocycles. The zero-order valence-corrected chi connectivity index (χ0v) is 11.0. The minimum atomic E-state index is -1.25. The van der Waals surface area contributed by atoms with Crippen LogP contribution in [0.15, 0.2) is 12.7 Å². The second-order valence-electron chi connectivity index (χ2n) is 2.91. The average Bonchev–Trinajstić information content (AvgIpc) is 2.03. The lowest BCUT2D eigenvalue weighted by atomic mass is 10.8. The molecule has 5 unspecified atom stereocenters. The molecule has 0 rings (SSSR count). The molecular weight excluding hydrogens is 242 g/mol. The van der Waals surface area contributed by atoms with Crippen LogP contribution in [0.4, 0.5) is 0 Å². The van der Waals surface area contributed by atoms with Gasteiger partial charge in [0.05, 0.1) is 6.26 Å². The highest BCUT2D eigenvalue weighted by molar-refractivity contribution is 8.10. The molecule has 5 atom stereocenters. The van der Waals surface area contributed by atoms with E-state index < -0.39 is 38.1 Å². The second kappa shape index (κ2) is 7.03. The predicted molar refractivity (Wildman–Crippen MR) is 64.6 cm³/mol. The first kappa shape index (κ1) is 14.7. The van der Waals surface area contributed by atoms with Crippen molar-refractivity contribution in [3.05, 3.63) is 12.7 Å². The standard InChI is InChI=1S/C8H16O3S3/c1-5-6-14(11)8(13(4)10)7(2)12(3)9/h5,7-8H,1,6H2,2-4H3/i7+2. The first-order valence-corrected chi connectivity index (χ1v) is 8.66. The van der Waals surface area contributed by atoms with E-state index in [0.29, 0.717) is 5.75 Å². The average molecular weight is 258 g/mol. The van der Waals surface area contributed by atoms with Gasteiger partial charge < -0.3 is 13.7 Å². The lowest BCUT2D eigenvalue weighted by molar-refractivity contribution is 0.563. The summed E-state index contributed by atoms with van der Waals surface area (Å²) in [5.74, 6) is 0.297. The fraction of sp³-hybridized carbons (Fsp3) is 0.750. The van der Waals surface area contributed by atoms with Gasteiger partial charge in [-0.05, 0) is 24.2 Å². The normalized spacial score (nSPS) is 22.1. The van der Waals surface area contributed by atoms with Crippen LogP contribution in [0.1, 0.15) is 6.92 Å². The summed E-state index contributed by atoms with van der Waals surface area (Å²) in [5.41, 5.74) is 0. The molecule has 0 aliphatic carbocycles. The molecule has 14 heavy (non-hydrogen) atoms. The molecule has 3 nitrogen and oxygen atoms in total. The Morgan fingerprint density at radius 2 is 1.86 bits per heavy atom. The summed E-state index contributed by atoms with van der Waals surface area (Å²) in [6.07, 6.45) is 4.56. The third kappa shape index (κ3) is 4.46. The van der Waals surface area contributed by atoms with Crippen molar-refractivity contribution in [3.63, 3.8) is 0 Å². The first-order valence-electron chi connectivity index (χ1n) is 4.04. The van der Waals surface area contributed by atoms with Gasteiger partial charge in [0.25, 0.3) is 0 Å². The zero-order valence-electron chi connectivity index (χ0n) is 8.60. The van der Waals surface area contributed by atoms with E-state index in [1.54, 1.807) is 6.92 Å². The Morgan fingerprint density at radius 1 is 1.36 bits per heavy atom. The van der Waals surface area contributed by atoms with E-state index >= 15 is 0 Å². The van der Waals surface area contributed by atoms with Gasteiger partial charge in [-0.25, -0.2) is 0 Å². The van der Waals surface area contributed by atoms with Crippen molar-refractivity contribution < 1.29 is 13.7 Å². The van der Waals surface area contributed by atoms with Crippen molar-refractivity contribution in [3.8, 4) is 0 Å². The van der Waals surface area contributed by atoms with E-state index in [0.717, 1.165) is 0 Å². The van der Waals surface area contributed by atoms with Crippen LogP contribution >= 0.6 is 0 Å². The Bertz CT molecular complexity index is 175. The Kier molecular flexibility index (Phi) is 7.36. The second-order valence-corrected chi connectivity index (χ2v) is 8.05. The molecule has 0 aromatic heterocycles. The van der Waals surface area contributed by atoms with Crippen LogP contribution < -0.4 is 0 Å². The summed E-state index contributed by atoms with van der Waals surface area (Å²) in [5, 5.41) is -0.318. The van der Waals surface area contributed by atoms with Gasteiger partial charge in [0.1, 0.15) is 12.0 Å². The van der Waals surface area contributed by atoms with E-state index in [1.165, 1.54) is 18.6 Å². The molecule has 0 fully saturated rings. The third-order valence-corrected chi connectivity index (χ3v) is 7.45. The minimum Gasteiger partial charge on any atom is -0.616 e. The van der Waals surface area contributed by atoms with Crippen molar-refractivity contribution in [2.75, 3.05) is 18.3 Å². The maximum atomic E-state index is 11.6. The predicted octanol–water partition coefficient (Wildman–Crippen LogP) is 0.393. The van der Waals surface area contributed by atoms with Gasteiger partial charge in [0.2, 0.25) is 5.25 Å². The zero-order chi connectivity index (χ0) is 11.3. The molecule has 0 spiro atoms. The lowest BCUT2D eigenvalue weighted by Crippen LogP contribution is -2.43. The topological polar surface area (TPSA) is 69.2 Å². The van der Waals surface area contributed by atoms with Gasteiger partial charge in [0.15, 0.2) is 0 Å². The molecule has 0 saturated carbocycles. The molecule has 0 aromatic carbocycles. The summed E-state index contributed by atoms with van der Waals surface area (Å²) in [4.78, 5) is 0. The lowest BCUT2D eigenvalue weighted by Gasteiger charge is -2.25.